The first-order valence-corrected chi connectivity index (χ1v) is 5.05. The second-order valence-corrected chi connectivity index (χ2v) is 3.92. The molecule has 0 aromatic heterocycles. The molecule has 0 heterocycles. The Bertz CT molecular complexity index is 306. The third-order valence-electron chi connectivity index (χ3n) is 2.45. The zero-order chi connectivity index (χ0) is 10.7. The second kappa shape index (κ2) is 4.32. The van der Waals surface area contributed by atoms with Crippen LogP contribution in [0.4, 0.5) is 5.69 Å². The molecule has 0 aliphatic rings. The summed E-state index contributed by atoms with van der Waals surface area (Å²) < 4.78 is 0. The van der Waals surface area contributed by atoms with Gasteiger partial charge in [-0.15, -0.1) is 0 Å². The number of benzene rings is 1. The molecular formula is C13H19N. The van der Waals surface area contributed by atoms with Crippen LogP contribution in [0.3, 0.4) is 0 Å². The Morgan fingerprint density at radius 3 is 2.07 bits per heavy atom. The normalized spacial score (nSPS) is 10.4. The van der Waals surface area contributed by atoms with E-state index in [1.54, 1.807) is 0 Å². The van der Waals surface area contributed by atoms with Crippen molar-refractivity contribution in [2.75, 3.05) is 4.90 Å². The minimum absolute atomic E-state index is 0.451. The second-order valence-electron chi connectivity index (χ2n) is 3.92. The van der Waals surface area contributed by atoms with Crippen LogP contribution in [0.25, 0.3) is 0 Å². The number of rotatable bonds is 3. The maximum absolute atomic E-state index is 3.87. The van der Waals surface area contributed by atoms with Crippen molar-refractivity contribution in [3.8, 4) is 0 Å². The summed E-state index contributed by atoms with van der Waals surface area (Å²) in [7, 11) is 0. The van der Waals surface area contributed by atoms with Crippen LogP contribution in [-0.4, -0.2) is 6.04 Å². The van der Waals surface area contributed by atoms with Gasteiger partial charge in [0.1, 0.15) is 0 Å². The van der Waals surface area contributed by atoms with Gasteiger partial charge in [-0.25, -0.2) is 0 Å². The maximum atomic E-state index is 3.87. The molecule has 14 heavy (non-hydrogen) atoms. The summed E-state index contributed by atoms with van der Waals surface area (Å²) in [6, 6.07) is 6.82. The monoisotopic (exact) mass is 189 g/mol. The topological polar surface area (TPSA) is 3.24 Å². The van der Waals surface area contributed by atoms with E-state index in [0.29, 0.717) is 6.04 Å². The van der Waals surface area contributed by atoms with Gasteiger partial charge < -0.3 is 4.90 Å². The number of hydrogen-bond donors (Lipinski definition) is 0. The molecule has 0 saturated heterocycles. The summed E-state index contributed by atoms with van der Waals surface area (Å²) in [5.41, 5.74) is 3.90. The smallest absolute Gasteiger partial charge is 0.0467 e. The highest BCUT2D eigenvalue weighted by Gasteiger charge is 2.11. The highest BCUT2D eigenvalue weighted by molar-refractivity contribution is 5.61. The Balaban J connectivity index is 3.21. The van der Waals surface area contributed by atoms with E-state index in [0.717, 1.165) is 0 Å². The van der Waals surface area contributed by atoms with E-state index in [4.69, 9.17) is 0 Å². The van der Waals surface area contributed by atoms with Gasteiger partial charge in [0.15, 0.2) is 0 Å². The number of para-hydroxylation sites is 1. The van der Waals surface area contributed by atoms with Crippen molar-refractivity contribution < 1.29 is 0 Å². The number of anilines is 1. The maximum Gasteiger partial charge on any atom is 0.0467 e. The van der Waals surface area contributed by atoms with Crippen LogP contribution in [-0.2, 0) is 0 Å². The molecule has 1 nitrogen and oxygen atoms in total. The summed E-state index contributed by atoms with van der Waals surface area (Å²) in [6.07, 6.45) is 1.90. The zero-order valence-electron chi connectivity index (χ0n) is 9.54. The summed E-state index contributed by atoms with van der Waals surface area (Å²) in [6.45, 7) is 12.5. The van der Waals surface area contributed by atoms with Gasteiger partial charge >= 0.3 is 0 Å². The molecular weight excluding hydrogens is 170 g/mol. The van der Waals surface area contributed by atoms with Crippen molar-refractivity contribution >= 4 is 5.69 Å². The molecule has 0 radical (unpaired) electrons. The molecule has 0 spiro atoms. The first kappa shape index (κ1) is 10.8. The Morgan fingerprint density at radius 2 is 1.71 bits per heavy atom. The lowest BCUT2D eigenvalue weighted by atomic mass is 10.1. The molecule has 1 aromatic rings. The third kappa shape index (κ3) is 1.98. The van der Waals surface area contributed by atoms with Crippen LogP contribution < -0.4 is 4.90 Å². The Hall–Kier alpha value is -1.24. The van der Waals surface area contributed by atoms with Gasteiger partial charge in [0.25, 0.3) is 0 Å². The van der Waals surface area contributed by atoms with Crippen LogP contribution in [0.2, 0.25) is 0 Å². The van der Waals surface area contributed by atoms with Gasteiger partial charge in [-0.3, -0.25) is 0 Å². The molecule has 0 fully saturated rings. The van der Waals surface area contributed by atoms with Crippen LogP contribution in [0.1, 0.15) is 25.0 Å². The summed E-state index contributed by atoms with van der Waals surface area (Å²) in [5, 5.41) is 0. The highest BCUT2D eigenvalue weighted by atomic mass is 15.1. The fraction of sp³-hybridized carbons (Fsp3) is 0.385. The average Bonchev–Trinajstić information content (AvgIpc) is 2.10. The quantitative estimate of drug-likeness (QED) is 0.701. The van der Waals surface area contributed by atoms with E-state index in [1.165, 1.54) is 16.8 Å². The molecule has 0 unspecified atom stereocenters. The molecule has 0 N–H and O–H groups in total. The fourth-order valence-corrected chi connectivity index (χ4v) is 1.77. The first-order chi connectivity index (χ1) is 6.57. The summed E-state index contributed by atoms with van der Waals surface area (Å²) in [5.74, 6) is 0. The van der Waals surface area contributed by atoms with E-state index in [1.807, 2.05) is 6.20 Å². The number of hydrogen-bond acceptors (Lipinski definition) is 1. The van der Waals surface area contributed by atoms with Crippen molar-refractivity contribution in [1.82, 2.24) is 0 Å². The zero-order valence-corrected chi connectivity index (χ0v) is 9.54. The standard InChI is InChI=1S/C13H19N/c1-6-14(10(2)3)13-11(4)8-7-9-12(13)5/h6-10H,1H2,2-5H3. The van der Waals surface area contributed by atoms with Gasteiger partial charge in [0, 0.05) is 11.7 Å². The molecule has 0 bridgehead atoms. The molecule has 0 aliphatic heterocycles. The van der Waals surface area contributed by atoms with E-state index < -0.39 is 0 Å². The van der Waals surface area contributed by atoms with Crippen LogP contribution in [0.15, 0.2) is 31.0 Å². The molecule has 1 rings (SSSR count). The Kier molecular flexibility index (Phi) is 3.34. The predicted molar refractivity (Wildman–Crippen MR) is 63.7 cm³/mol. The number of nitrogens with zero attached hydrogens (tertiary/aromatic N) is 1. The van der Waals surface area contributed by atoms with Crippen LogP contribution >= 0.6 is 0 Å². The van der Waals surface area contributed by atoms with Gasteiger partial charge in [0.05, 0.1) is 0 Å². The largest absolute Gasteiger partial charge is 0.346 e. The molecule has 0 aliphatic carbocycles. The van der Waals surface area contributed by atoms with Gasteiger partial charge in [-0.05, 0) is 45.0 Å². The van der Waals surface area contributed by atoms with Crippen LogP contribution in [0.5, 0.6) is 0 Å². The average molecular weight is 189 g/mol. The van der Waals surface area contributed by atoms with Crippen molar-refractivity contribution in [1.29, 1.82) is 0 Å². The van der Waals surface area contributed by atoms with E-state index in [2.05, 4.69) is 57.4 Å². The molecule has 1 heteroatoms. The first-order valence-electron chi connectivity index (χ1n) is 5.05. The SMILES string of the molecule is C=CN(c1c(C)cccc1C)C(C)C. The molecule has 1 aromatic carbocycles. The van der Waals surface area contributed by atoms with Gasteiger partial charge in [-0.1, -0.05) is 24.8 Å². The Labute approximate surface area is 87.1 Å². The fourth-order valence-electron chi connectivity index (χ4n) is 1.77. The lowest BCUT2D eigenvalue weighted by Gasteiger charge is -2.28. The van der Waals surface area contributed by atoms with Crippen molar-refractivity contribution in [2.45, 2.75) is 33.7 Å². The third-order valence-corrected chi connectivity index (χ3v) is 2.45. The molecule has 0 saturated carbocycles. The highest BCUT2D eigenvalue weighted by Crippen LogP contribution is 2.26. The summed E-state index contributed by atoms with van der Waals surface area (Å²) >= 11 is 0. The predicted octanol–water partition coefficient (Wildman–Crippen LogP) is 3.66. The van der Waals surface area contributed by atoms with Crippen molar-refractivity contribution in [2.24, 2.45) is 0 Å². The minimum Gasteiger partial charge on any atom is -0.346 e. The van der Waals surface area contributed by atoms with Gasteiger partial charge in [0.2, 0.25) is 0 Å². The lowest BCUT2D eigenvalue weighted by Crippen LogP contribution is -2.25. The molecule has 76 valence electrons. The lowest BCUT2D eigenvalue weighted by molar-refractivity contribution is 0.778. The van der Waals surface area contributed by atoms with E-state index >= 15 is 0 Å². The van der Waals surface area contributed by atoms with Crippen LogP contribution in [0, 0.1) is 13.8 Å². The van der Waals surface area contributed by atoms with Gasteiger partial charge in [-0.2, -0.15) is 0 Å². The summed E-state index contributed by atoms with van der Waals surface area (Å²) in [4.78, 5) is 2.21. The van der Waals surface area contributed by atoms with Crippen molar-refractivity contribution in [3.05, 3.63) is 42.1 Å². The van der Waals surface area contributed by atoms with Crippen molar-refractivity contribution in [3.63, 3.8) is 0 Å². The molecule has 0 atom stereocenters. The Morgan fingerprint density at radius 1 is 1.21 bits per heavy atom. The van der Waals surface area contributed by atoms with E-state index in [-0.39, 0.29) is 0 Å². The number of aryl methyl sites for hydroxylation is 2. The minimum atomic E-state index is 0.451. The molecule has 0 amide bonds. The van der Waals surface area contributed by atoms with E-state index in [9.17, 15) is 0 Å².